The van der Waals surface area contributed by atoms with Crippen LogP contribution in [0.1, 0.15) is 86.6 Å². The summed E-state index contributed by atoms with van der Waals surface area (Å²) < 4.78 is 63.5. The van der Waals surface area contributed by atoms with Crippen LogP contribution in [0.25, 0.3) is 21.6 Å². The number of amides is 5. The SMILES string of the molecule is Cc1ncsc1-c1ccc(CNC(=O)[C@@H]2C[C@@H](O)CN2C(=O)C(NC(=O)CCOCCC(=O)NCCN2CCN(Cc3ccc(F)c(-c4ccc(N5C[C@@H](C)N(C)[C@@H](C)C5)c(NC(=O)c5c[nH]c(=O)cc5C(F)(F)F)c4)c3)CC2)C(C)(C)C)cc1. The van der Waals surface area contributed by atoms with Crippen LogP contribution >= 0.6 is 11.3 Å². The van der Waals surface area contributed by atoms with Gasteiger partial charge >= 0.3 is 6.18 Å². The molecule has 0 aliphatic carbocycles. The molecule has 2 aromatic heterocycles. The summed E-state index contributed by atoms with van der Waals surface area (Å²) in [5.74, 6) is -3.13. The standard InChI is InChI=1S/C61H77F4N11O8S/c1-37-32-75(33-38(2)72(37)7)50-15-13-43(27-49(50)70-57(81)46-31-67-54(80)29-47(46)61(63,64)65)45-26-41(10-14-48(45)62)34-74-22-20-73(21-23-74)19-18-66-52(78)16-24-84-25-17-53(79)71-56(60(4,5)6)59(83)76-35-44(77)28-51(76)58(82)68-30-40-8-11-42(12-9-40)55-39(3)69-36-85-55/h8-15,26-27,29,31,36-38,44,51,56,77H,16-25,28,30,32-35H2,1-7H3,(H,66,78)(H,67,80)(H,68,82)(H,70,81)(H,71,79)/t37-,38+,44-,51+,56?/m1/s1. The number of hydrogen-bond acceptors (Lipinski definition) is 14. The Morgan fingerprint density at radius 1 is 0.847 bits per heavy atom. The molecule has 85 heavy (non-hydrogen) atoms. The molecular formula is C61H77F4N11O8S. The highest BCUT2D eigenvalue weighted by Gasteiger charge is 2.45. The topological polar surface area (TPSA) is 225 Å². The van der Waals surface area contributed by atoms with Crippen molar-refractivity contribution in [3.05, 3.63) is 123 Å². The molecule has 8 rings (SSSR count). The van der Waals surface area contributed by atoms with Gasteiger partial charge in [-0.3, -0.25) is 43.5 Å². The van der Waals surface area contributed by atoms with E-state index in [2.05, 4.69) is 59.8 Å². The van der Waals surface area contributed by atoms with Gasteiger partial charge in [0.2, 0.25) is 29.2 Å². The summed E-state index contributed by atoms with van der Waals surface area (Å²) in [5.41, 5.74) is 2.98. The number of benzene rings is 3. The van der Waals surface area contributed by atoms with Crippen LogP contribution < -0.4 is 31.7 Å². The first-order valence-electron chi connectivity index (χ1n) is 28.7. The highest BCUT2D eigenvalue weighted by atomic mass is 32.1. The van der Waals surface area contributed by atoms with Gasteiger partial charge in [0, 0.05) is 121 Å². The average Bonchev–Trinajstić information content (AvgIpc) is 2.46. The number of H-pyrrole nitrogens is 1. The van der Waals surface area contributed by atoms with Crippen molar-refractivity contribution in [3.63, 3.8) is 0 Å². The van der Waals surface area contributed by atoms with Gasteiger partial charge in [-0.1, -0.05) is 57.2 Å². The molecule has 6 N–H and O–H groups in total. The second-order valence-corrected chi connectivity index (χ2v) is 24.3. The molecule has 3 aliphatic heterocycles. The van der Waals surface area contributed by atoms with E-state index in [1.807, 2.05) is 63.9 Å². The first-order valence-corrected chi connectivity index (χ1v) is 29.6. The molecule has 0 saturated carbocycles. The van der Waals surface area contributed by atoms with E-state index < -0.39 is 75.9 Å². The van der Waals surface area contributed by atoms with E-state index in [1.54, 1.807) is 47.2 Å². The summed E-state index contributed by atoms with van der Waals surface area (Å²) in [6, 6.07) is 16.3. The van der Waals surface area contributed by atoms with Crippen LogP contribution in [0.4, 0.5) is 28.9 Å². The van der Waals surface area contributed by atoms with Crippen LogP contribution in [0, 0.1) is 18.2 Å². The smallest absolute Gasteiger partial charge is 0.391 e. The Balaban J connectivity index is 0.759. The molecule has 19 nitrogen and oxygen atoms in total. The summed E-state index contributed by atoms with van der Waals surface area (Å²) in [6.45, 7) is 17.2. The lowest BCUT2D eigenvalue weighted by atomic mass is 9.85. The predicted molar refractivity (Wildman–Crippen MR) is 317 cm³/mol. The molecule has 5 atom stereocenters. The van der Waals surface area contributed by atoms with Crippen molar-refractivity contribution in [1.29, 1.82) is 0 Å². The van der Waals surface area contributed by atoms with Crippen molar-refractivity contribution < 1.29 is 51.4 Å². The first kappa shape index (κ1) is 63.9. The third-order valence-corrected chi connectivity index (χ3v) is 17.0. The van der Waals surface area contributed by atoms with E-state index in [1.165, 1.54) is 11.0 Å². The Bertz CT molecular complexity index is 3220. The quantitative estimate of drug-likeness (QED) is 0.0354. The third kappa shape index (κ3) is 16.7. The lowest BCUT2D eigenvalue weighted by Crippen LogP contribution is -2.57. The molecule has 24 heteroatoms. The van der Waals surface area contributed by atoms with Gasteiger partial charge in [-0.05, 0) is 79.8 Å². The fraction of sp³-hybridized carbons (Fsp3) is 0.492. The molecule has 3 aromatic carbocycles. The minimum atomic E-state index is -4.98. The highest BCUT2D eigenvalue weighted by molar-refractivity contribution is 7.13. The van der Waals surface area contributed by atoms with Crippen molar-refractivity contribution in [2.75, 3.05) is 89.4 Å². The maximum absolute atomic E-state index is 15.8. The molecule has 3 saturated heterocycles. The van der Waals surface area contributed by atoms with Gasteiger partial charge in [0.15, 0.2) is 0 Å². The number of nitrogens with zero attached hydrogens (tertiary/aromatic N) is 6. The van der Waals surface area contributed by atoms with Crippen LogP contribution in [0.5, 0.6) is 0 Å². The van der Waals surface area contributed by atoms with Gasteiger partial charge < -0.3 is 45.9 Å². The molecule has 5 aromatic rings. The van der Waals surface area contributed by atoms with Crippen molar-refractivity contribution in [3.8, 4) is 21.6 Å². The number of aromatic amines is 1. The third-order valence-electron chi connectivity index (χ3n) is 16.0. The lowest BCUT2D eigenvalue weighted by molar-refractivity contribution is -0.144. The number of nitrogens with one attached hydrogen (secondary N) is 5. The summed E-state index contributed by atoms with van der Waals surface area (Å²) in [4.78, 5) is 96.6. The number of hydrogen-bond donors (Lipinski definition) is 6. The zero-order chi connectivity index (χ0) is 61.3. The molecule has 5 amide bonds. The first-order chi connectivity index (χ1) is 40.3. The number of ether oxygens (including phenoxy) is 1. The normalized spacial score (nSPS) is 19.4. The number of aryl methyl sites for hydroxylation is 1. The van der Waals surface area contributed by atoms with Gasteiger partial charge in [-0.25, -0.2) is 9.37 Å². The number of anilines is 2. The maximum atomic E-state index is 15.8. The van der Waals surface area contributed by atoms with Crippen molar-refractivity contribution >= 4 is 52.2 Å². The highest BCUT2D eigenvalue weighted by Crippen LogP contribution is 2.37. The number of halogens is 4. The number of likely N-dealkylation sites (tertiary alicyclic amines) is 1. The fourth-order valence-corrected chi connectivity index (χ4v) is 11.8. The Morgan fingerprint density at radius 3 is 2.16 bits per heavy atom. The summed E-state index contributed by atoms with van der Waals surface area (Å²) in [7, 11) is 2.01. The second-order valence-electron chi connectivity index (χ2n) is 23.4. The molecule has 5 heterocycles. The lowest BCUT2D eigenvalue weighted by Gasteiger charge is -2.44. The number of thiazole rings is 1. The van der Waals surface area contributed by atoms with Gasteiger partial charge in [0.25, 0.3) is 5.91 Å². The number of pyridine rings is 1. The van der Waals surface area contributed by atoms with Crippen molar-refractivity contribution in [2.24, 2.45) is 5.41 Å². The van der Waals surface area contributed by atoms with Crippen molar-refractivity contribution in [1.82, 2.24) is 45.5 Å². The number of piperazine rings is 2. The monoisotopic (exact) mass is 1200 g/mol. The van der Waals surface area contributed by atoms with Gasteiger partial charge in [-0.2, -0.15) is 13.2 Å². The average molecular weight is 1200 g/mol. The van der Waals surface area contributed by atoms with E-state index in [0.29, 0.717) is 63.1 Å². The van der Waals surface area contributed by atoms with E-state index in [0.717, 1.165) is 46.5 Å². The zero-order valence-corrected chi connectivity index (χ0v) is 49.9. The molecular weight excluding hydrogens is 1120 g/mol. The number of aliphatic hydroxyl groups excluding tert-OH is 1. The number of carbonyl (C=O) groups is 5. The summed E-state index contributed by atoms with van der Waals surface area (Å²) >= 11 is 1.55. The number of carbonyl (C=O) groups excluding carboxylic acids is 5. The van der Waals surface area contributed by atoms with E-state index in [-0.39, 0.29) is 74.8 Å². The molecule has 0 spiro atoms. The number of β-amino-alcohol motifs (C(OH)–C–C–N with tert-alkyl or cyclic N) is 1. The predicted octanol–water partition coefficient (Wildman–Crippen LogP) is 6.25. The van der Waals surface area contributed by atoms with Crippen LogP contribution in [0.15, 0.2) is 83.2 Å². The number of rotatable bonds is 21. The zero-order valence-electron chi connectivity index (χ0n) is 49.1. The Kier molecular flexibility index (Phi) is 21.0. The molecule has 458 valence electrons. The van der Waals surface area contributed by atoms with Crippen LogP contribution in [-0.4, -0.2) is 174 Å². The minimum Gasteiger partial charge on any atom is -0.391 e. The number of alkyl halides is 3. The van der Waals surface area contributed by atoms with Gasteiger partial charge in [0.05, 0.1) is 57.9 Å². The Hall–Kier alpha value is -7.09. The van der Waals surface area contributed by atoms with E-state index in [4.69, 9.17) is 4.74 Å². The fourth-order valence-electron chi connectivity index (χ4n) is 11.0. The van der Waals surface area contributed by atoms with Crippen LogP contribution in [0.2, 0.25) is 0 Å². The molecule has 0 radical (unpaired) electrons. The molecule has 1 unspecified atom stereocenters. The Labute approximate surface area is 496 Å². The van der Waals surface area contributed by atoms with Gasteiger partial charge in [0.1, 0.15) is 17.9 Å². The number of aromatic nitrogens is 2. The Morgan fingerprint density at radius 2 is 1.51 bits per heavy atom. The summed E-state index contributed by atoms with van der Waals surface area (Å²) in [5, 5.41) is 21.9. The largest absolute Gasteiger partial charge is 0.417 e. The number of aliphatic hydroxyl groups is 1. The molecule has 0 bridgehead atoms. The summed E-state index contributed by atoms with van der Waals surface area (Å²) in [6.07, 6.45) is -5.07. The number of likely N-dealkylation sites (N-methyl/N-ethyl adjacent to an activating group) is 1. The van der Waals surface area contributed by atoms with Crippen molar-refractivity contribution in [2.45, 2.75) is 110 Å². The van der Waals surface area contributed by atoms with Crippen LogP contribution in [-0.2, 0) is 43.2 Å². The molecule has 3 fully saturated rings. The molecule has 3 aliphatic rings. The minimum absolute atomic E-state index is 0.00788. The second kappa shape index (κ2) is 28.0. The van der Waals surface area contributed by atoms with E-state index in [9.17, 15) is 47.0 Å². The van der Waals surface area contributed by atoms with E-state index >= 15 is 4.39 Å². The maximum Gasteiger partial charge on any atom is 0.417 e. The van der Waals surface area contributed by atoms with Gasteiger partial charge in [-0.15, -0.1) is 11.3 Å². The van der Waals surface area contributed by atoms with Crippen LogP contribution in [0.3, 0.4) is 0 Å².